The van der Waals surface area contributed by atoms with Crippen molar-refractivity contribution in [3.05, 3.63) is 47.3 Å². The molecule has 1 aromatic carbocycles. The van der Waals surface area contributed by atoms with Crippen molar-refractivity contribution in [1.82, 2.24) is 9.78 Å². The highest BCUT2D eigenvalue weighted by molar-refractivity contribution is 5.90. The molecule has 0 spiro atoms. The molecule has 126 valence electrons. The molecule has 1 aliphatic carbocycles. The number of carbonyl (C=O) groups is 2. The zero-order chi connectivity index (χ0) is 17.3. The number of aliphatic carboxylic acids is 1. The fourth-order valence-corrected chi connectivity index (χ4v) is 3.02. The van der Waals surface area contributed by atoms with Gasteiger partial charge in [-0.15, -0.1) is 0 Å². The number of anilines is 1. The lowest BCUT2D eigenvalue weighted by atomic mass is 10.1. The van der Waals surface area contributed by atoms with Gasteiger partial charge in [0.05, 0.1) is 11.6 Å². The first-order valence-corrected chi connectivity index (χ1v) is 8.06. The highest BCUT2D eigenvalue weighted by Gasteiger charge is 2.43. The third-order valence-electron chi connectivity index (χ3n) is 4.47. The van der Waals surface area contributed by atoms with E-state index in [1.807, 2.05) is 44.4 Å². The number of carboxylic acids is 1. The zero-order valence-corrected chi connectivity index (χ0v) is 13.8. The lowest BCUT2D eigenvalue weighted by Crippen LogP contribution is -2.12. The molecule has 6 nitrogen and oxygen atoms in total. The summed E-state index contributed by atoms with van der Waals surface area (Å²) in [6.45, 7) is 1.94. The molecule has 2 aromatic rings. The van der Waals surface area contributed by atoms with E-state index in [1.54, 1.807) is 4.68 Å². The minimum Gasteiger partial charge on any atom is -0.481 e. The molecule has 1 saturated carbocycles. The molecule has 6 heteroatoms. The Morgan fingerprint density at radius 1 is 1.33 bits per heavy atom. The lowest BCUT2D eigenvalue weighted by molar-refractivity contribution is -0.138. The first-order chi connectivity index (χ1) is 11.4. The second-order valence-electron chi connectivity index (χ2n) is 6.37. The number of nitrogens with one attached hydrogen (secondary N) is 1. The van der Waals surface area contributed by atoms with Crippen LogP contribution in [0.1, 0.15) is 35.6 Å². The van der Waals surface area contributed by atoms with Crippen molar-refractivity contribution in [3.8, 4) is 0 Å². The van der Waals surface area contributed by atoms with Gasteiger partial charge in [0.2, 0.25) is 5.91 Å². The van der Waals surface area contributed by atoms with Crippen LogP contribution in [0.15, 0.2) is 30.5 Å². The van der Waals surface area contributed by atoms with Gasteiger partial charge in [0.1, 0.15) is 0 Å². The summed E-state index contributed by atoms with van der Waals surface area (Å²) in [5.74, 6) is -0.919. The van der Waals surface area contributed by atoms with Crippen LogP contribution >= 0.6 is 0 Å². The van der Waals surface area contributed by atoms with Gasteiger partial charge in [0, 0.05) is 25.4 Å². The van der Waals surface area contributed by atoms with Crippen LogP contribution in [0.4, 0.5) is 5.69 Å². The minimum absolute atomic E-state index is 0.0409. The predicted octanol–water partition coefficient (Wildman–Crippen LogP) is 2.49. The fourth-order valence-electron chi connectivity index (χ4n) is 3.02. The molecule has 0 saturated heterocycles. The summed E-state index contributed by atoms with van der Waals surface area (Å²) in [5, 5.41) is 16.1. The number of carboxylic acid groups (broad SMARTS) is 1. The average molecular weight is 327 g/mol. The normalized spacial score (nSPS) is 19.1. The molecule has 24 heavy (non-hydrogen) atoms. The number of hydrogen-bond donors (Lipinski definition) is 2. The topological polar surface area (TPSA) is 84.2 Å². The Labute approximate surface area is 140 Å². The van der Waals surface area contributed by atoms with E-state index in [1.165, 1.54) is 0 Å². The Morgan fingerprint density at radius 2 is 2.04 bits per heavy atom. The maximum absolute atomic E-state index is 12.1. The monoisotopic (exact) mass is 327 g/mol. The molecular weight excluding hydrogens is 306 g/mol. The minimum atomic E-state index is -0.733. The summed E-state index contributed by atoms with van der Waals surface area (Å²) in [6, 6.07) is 7.46. The highest BCUT2D eigenvalue weighted by Crippen LogP contribution is 2.47. The molecule has 0 aliphatic heterocycles. The molecular formula is C18H21N3O3. The van der Waals surface area contributed by atoms with Crippen LogP contribution in [0.3, 0.4) is 0 Å². The van der Waals surface area contributed by atoms with Gasteiger partial charge in [-0.3, -0.25) is 14.3 Å². The predicted molar refractivity (Wildman–Crippen MR) is 89.8 cm³/mol. The summed E-state index contributed by atoms with van der Waals surface area (Å²) in [4.78, 5) is 23.0. The van der Waals surface area contributed by atoms with Crippen LogP contribution in [0.25, 0.3) is 0 Å². The lowest BCUT2D eigenvalue weighted by Gasteiger charge is -2.06. The van der Waals surface area contributed by atoms with E-state index >= 15 is 0 Å². The largest absolute Gasteiger partial charge is 0.481 e. The van der Waals surface area contributed by atoms with Crippen LogP contribution in [0.2, 0.25) is 0 Å². The van der Waals surface area contributed by atoms with E-state index in [2.05, 4.69) is 10.4 Å². The van der Waals surface area contributed by atoms with E-state index in [-0.39, 0.29) is 17.7 Å². The molecule has 0 bridgehead atoms. The van der Waals surface area contributed by atoms with Crippen LogP contribution in [0, 0.1) is 12.8 Å². The van der Waals surface area contributed by atoms with E-state index in [0.29, 0.717) is 19.3 Å². The van der Waals surface area contributed by atoms with Crippen molar-refractivity contribution in [2.45, 2.75) is 32.1 Å². The van der Waals surface area contributed by atoms with Gasteiger partial charge in [-0.05, 0) is 48.9 Å². The Balaban J connectivity index is 1.51. The second-order valence-corrected chi connectivity index (χ2v) is 6.37. The van der Waals surface area contributed by atoms with E-state index in [9.17, 15) is 9.59 Å². The molecule has 1 aromatic heterocycles. The third-order valence-corrected chi connectivity index (χ3v) is 4.47. The molecule has 3 rings (SSSR count). The van der Waals surface area contributed by atoms with Crippen molar-refractivity contribution in [2.75, 3.05) is 5.32 Å². The van der Waals surface area contributed by atoms with Gasteiger partial charge in [0.25, 0.3) is 0 Å². The summed E-state index contributed by atoms with van der Waals surface area (Å²) in [6.07, 6.45) is 3.70. The summed E-state index contributed by atoms with van der Waals surface area (Å²) in [5.41, 5.74) is 3.79. The van der Waals surface area contributed by atoms with Gasteiger partial charge in [0.15, 0.2) is 0 Å². The fraction of sp³-hybridized carbons (Fsp3) is 0.389. The van der Waals surface area contributed by atoms with Crippen molar-refractivity contribution in [1.29, 1.82) is 0 Å². The standard InChI is InChI=1S/C18H21N3O3/c1-11-13(10-21(2)20-11)5-8-17(22)19-14-6-3-12(4-7-14)15-9-16(15)18(23)24/h3-4,6-7,10,15-16H,5,8-9H2,1-2H3,(H,19,22)(H,23,24)/t15-,16+/m0/s1. The Bertz CT molecular complexity index is 764. The van der Waals surface area contributed by atoms with Crippen LogP contribution in [-0.2, 0) is 23.1 Å². The number of amides is 1. The number of nitrogens with zero attached hydrogens (tertiary/aromatic N) is 2. The average Bonchev–Trinajstić information content (AvgIpc) is 3.26. The maximum Gasteiger partial charge on any atom is 0.307 e. The second kappa shape index (κ2) is 6.47. The smallest absolute Gasteiger partial charge is 0.307 e. The molecule has 0 unspecified atom stereocenters. The Kier molecular flexibility index (Phi) is 4.38. The van der Waals surface area contributed by atoms with Crippen molar-refractivity contribution in [3.63, 3.8) is 0 Å². The highest BCUT2D eigenvalue weighted by atomic mass is 16.4. The summed E-state index contributed by atoms with van der Waals surface area (Å²) in [7, 11) is 1.87. The van der Waals surface area contributed by atoms with Crippen molar-refractivity contribution in [2.24, 2.45) is 13.0 Å². The maximum atomic E-state index is 12.1. The SMILES string of the molecule is Cc1nn(C)cc1CCC(=O)Nc1ccc([C@@H]2C[C@H]2C(=O)O)cc1. The number of carbonyl (C=O) groups excluding carboxylic acids is 1. The van der Waals surface area contributed by atoms with E-state index in [0.717, 1.165) is 22.5 Å². The first kappa shape index (κ1) is 16.2. The van der Waals surface area contributed by atoms with E-state index < -0.39 is 5.97 Å². The molecule has 0 radical (unpaired) electrons. The van der Waals surface area contributed by atoms with E-state index in [4.69, 9.17) is 5.11 Å². The molecule has 1 fully saturated rings. The Hall–Kier alpha value is -2.63. The number of hydrogen-bond acceptors (Lipinski definition) is 3. The first-order valence-electron chi connectivity index (χ1n) is 8.06. The van der Waals surface area contributed by atoms with Gasteiger partial charge in [-0.1, -0.05) is 12.1 Å². The summed E-state index contributed by atoms with van der Waals surface area (Å²) >= 11 is 0. The van der Waals surface area contributed by atoms with Crippen LogP contribution < -0.4 is 5.32 Å². The zero-order valence-electron chi connectivity index (χ0n) is 13.8. The van der Waals surface area contributed by atoms with Crippen molar-refractivity contribution >= 4 is 17.6 Å². The van der Waals surface area contributed by atoms with Gasteiger partial charge in [-0.25, -0.2) is 0 Å². The number of aryl methyl sites for hydroxylation is 3. The number of benzene rings is 1. The summed E-state index contributed by atoms with van der Waals surface area (Å²) < 4.78 is 1.75. The van der Waals surface area contributed by atoms with Crippen molar-refractivity contribution < 1.29 is 14.7 Å². The van der Waals surface area contributed by atoms with Gasteiger partial charge >= 0.3 is 5.97 Å². The third kappa shape index (κ3) is 3.64. The Morgan fingerprint density at radius 3 is 2.58 bits per heavy atom. The molecule has 1 amide bonds. The van der Waals surface area contributed by atoms with Gasteiger partial charge in [-0.2, -0.15) is 5.10 Å². The van der Waals surface area contributed by atoms with Crippen LogP contribution in [-0.4, -0.2) is 26.8 Å². The molecule has 1 aliphatic rings. The molecule has 2 N–H and O–H groups in total. The molecule has 1 heterocycles. The molecule has 2 atom stereocenters. The van der Waals surface area contributed by atoms with Crippen LogP contribution in [0.5, 0.6) is 0 Å². The quantitative estimate of drug-likeness (QED) is 0.854. The number of aromatic nitrogens is 2. The van der Waals surface area contributed by atoms with Gasteiger partial charge < -0.3 is 10.4 Å². The number of rotatable bonds is 6.